The summed E-state index contributed by atoms with van der Waals surface area (Å²) in [4.78, 5) is 27.9. The Morgan fingerprint density at radius 3 is 2.05 bits per heavy atom. The molecule has 1 N–H and O–H groups in total. The highest BCUT2D eigenvalue weighted by atomic mass is 16.6. The van der Waals surface area contributed by atoms with Crippen LogP contribution in [-0.4, -0.2) is 66.2 Å². The summed E-state index contributed by atoms with van der Waals surface area (Å²) < 4.78 is 24.1. The van der Waals surface area contributed by atoms with Gasteiger partial charge in [0.1, 0.15) is 11.2 Å². The molecule has 9 nitrogen and oxygen atoms in total. The molecule has 9 heteroatoms. The molecule has 0 spiro atoms. The first-order chi connectivity index (χ1) is 19.7. The van der Waals surface area contributed by atoms with Crippen molar-refractivity contribution in [3.63, 3.8) is 0 Å². The highest BCUT2D eigenvalue weighted by Crippen LogP contribution is 2.40. The molecular formula is C33H45N3O6. The van der Waals surface area contributed by atoms with Gasteiger partial charge in [0.15, 0.2) is 11.5 Å². The number of rotatable bonds is 6. The molecule has 1 amide bonds. The van der Waals surface area contributed by atoms with E-state index in [-0.39, 0.29) is 12.1 Å². The molecule has 0 unspecified atom stereocenters. The van der Waals surface area contributed by atoms with Crippen LogP contribution in [0.1, 0.15) is 66.9 Å². The Labute approximate surface area is 249 Å². The lowest BCUT2D eigenvalue weighted by Crippen LogP contribution is -2.44. The van der Waals surface area contributed by atoms with Crippen LogP contribution in [-0.2, 0) is 15.9 Å². The number of nitrogens with zero attached hydrogens (tertiary/aromatic N) is 2. The first kappa shape index (κ1) is 31.1. The van der Waals surface area contributed by atoms with Crippen LogP contribution >= 0.6 is 0 Å². The third-order valence-electron chi connectivity index (χ3n) is 7.18. The minimum atomic E-state index is -0.662. The molecule has 1 aromatic heterocycles. The standard InChI is InChI=1S/C33H45N3O6/c1-10-24-25-20-23(34-22-15-17-35(18-16-22)30(37)41-32(2,3)4)12-13-26(25)36(31(38)42-33(5,6)7)29(24)21-11-14-27(39-8)28(19-21)40-9/h11-14,19-20,22,34H,10,15-18H2,1-9H3. The van der Waals surface area contributed by atoms with E-state index in [4.69, 9.17) is 18.9 Å². The minimum Gasteiger partial charge on any atom is -0.493 e. The van der Waals surface area contributed by atoms with Crippen molar-refractivity contribution in [2.45, 2.75) is 85.0 Å². The van der Waals surface area contributed by atoms with Crippen LogP contribution in [0.2, 0.25) is 0 Å². The molecule has 1 saturated heterocycles. The average Bonchev–Trinajstić information content (AvgIpc) is 3.25. The molecule has 0 saturated carbocycles. The Kier molecular flexibility index (Phi) is 8.99. The molecule has 228 valence electrons. The number of fused-ring (bicyclic) bond motifs is 1. The molecular weight excluding hydrogens is 534 g/mol. The second-order valence-corrected chi connectivity index (χ2v) is 12.7. The van der Waals surface area contributed by atoms with E-state index in [2.05, 4.69) is 18.3 Å². The molecule has 1 fully saturated rings. The van der Waals surface area contributed by atoms with Gasteiger partial charge < -0.3 is 29.2 Å². The number of benzene rings is 2. The number of ether oxygens (including phenoxy) is 4. The number of methoxy groups -OCH3 is 2. The summed E-state index contributed by atoms with van der Waals surface area (Å²) in [5, 5.41) is 4.64. The van der Waals surface area contributed by atoms with Gasteiger partial charge in [-0.25, -0.2) is 14.2 Å². The van der Waals surface area contributed by atoms with Crippen LogP contribution in [0.3, 0.4) is 0 Å². The third-order valence-corrected chi connectivity index (χ3v) is 7.18. The summed E-state index contributed by atoms with van der Waals surface area (Å²) in [5.74, 6) is 1.20. The number of anilines is 1. The van der Waals surface area contributed by atoms with E-state index in [0.29, 0.717) is 31.0 Å². The fourth-order valence-electron chi connectivity index (χ4n) is 5.36. The third kappa shape index (κ3) is 6.94. The van der Waals surface area contributed by atoms with Crippen molar-refractivity contribution >= 4 is 28.8 Å². The number of amides is 1. The summed E-state index contributed by atoms with van der Waals surface area (Å²) in [6, 6.07) is 12.0. The predicted octanol–water partition coefficient (Wildman–Crippen LogP) is 7.48. The van der Waals surface area contributed by atoms with Gasteiger partial charge in [0, 0.05) is 35.8 Å². The highest BCUT2D eigenvalue weighted by molar-refractivity contribution is 6.01. The number of aryl methyl sites for hydroxylation is 1. The van der Waals surface area contributed by atoms with Crippen molar-refractivity contribution < 1.29 is 28.5 Å². The van der Waals surface area contributed by atoms with Gasteiger partial charge >= 0.3 is 12.2 Å². The van der Waals surface area contributed by atoms with Crippen LogP contribution in [0, 0.1) is 0 Å². The van der Waals surface area contributed by atoms with Crippen molar-refractivity contribution in [3.05, 3.63) is 42.0 Å². The van der Waals surface area contributed by atoms with Crippen LogP contribution < -0.4 is 14.8 Å². The number of hydrogen-bond acceptors (Lipinski definition) is 7. The Morgan fingerprint density at radius 1 is 0.857 bits per heavy atom. The normalized spacial score (nSPS) is 14.5. The van der Waals surface area contributed by atoms with E-state index in [1.807, 2.05) is 71.9 Å². The molecule has 0 atom stereocenters. The lowest BCUT2D eigenvalue weighted by atomic mass is 10.0. The lowest BCUT2D eigenvalue weighted by molar-refractivity contribution is 0.0210. The second kappa shape index (κ2) is 12.2. The summed E-state index contributed by atoms with van der Waals surface area (Å²) in [7, 11) is 3.20. The SMILES string of the molecule is CCc1c(-c2ccc(OC)c(OC)c2)n(C(=O)OC(C)(C)C)c2ccc(NC3CCN(C(=O)OC(C)(C)C)CC3)cc12. The van der Waals surface area contributed by atoms with Crippen molar-refractivity contribution in [1.29, 1.82) is 0 Å². The Bertz CT molecular complexity index is 1440. The van der Waals surface area contributed by atoms with Gasteiger partial charge in [-0.3, -0.25) is 0 Å². The lowest BCUT2D eigenvalue weighted by Gasteiger charge is -2.34. The predicted molar refractivity (Wildman–Crippen MR) is 166 cm³/mol. The first-order valence-electron chi connectivity index (χ1n) is 14.6. The Balaban J connectivity index is 1.69. The number of carbonyl (C=O) groups excluding carboxylic acids is 2. The number of aromatic nitrogens is 1. The van der Waals surface area contributed by atoms with Crippen molar-refractivity contribution in [1.82, 2.24) is 9.47 Å². The van der Waals surface area contributed by atoms with E-state index < -0.39 is 17.3 Å². The second-order valence-electron chi connectivity index (χ2n) is 12.7. The van der Waals surface area contributed by atoms with Crippen molar-refractivity contribution in [2.75, 3.05) is 32.6 Å². The average molecular weight is 580 g/mol. The first-order valence-corrected chi connectivity index (χ1v) is 14.6. The van der Waals surface area contributed by atoms with Gasteiger partial charge in [0.25, 0.3) is 0 Å². The zero-order chi connectivity index (χ0) is 30.8. The monoisotopic (exact) mass is 579 g/mol. The van der Waals surface area contributed by atoms with Crippen LogP contribution in [0.25, 0.3) is 22.2 Å². The molecule has 3 aromatic rings. The molecule has 2 aromatic carbocycles. The molecule has 0 bridgehead atoms. The van der Waals surface area contributed by atoms with E-state index in [0.717, 1.165) is 46.3 Å². The van der Waals surface area contributed by atoms with Gasteiger partial charge in [-0.05, 0) is 103 Å². The molecule has 0 radical (unpaired) electrons. The molecule has 1 aliphatic rings. The quantitative estimate of drug-likeness (QED) is 0.324. The molecule has 2 heterocycles. The summed E-state index contributed by atoms with van der Waals surface area (Å²) in [5.41, 5.74) is 3.20. The van der Waals surface area contributed by atoms with Crippen LogP contribution in [0.4, 0.5) is 15.3 Å². The zero-order valence-electron chi connectivity index (χ0n) is 26.4. The Hall–Kier alpha value is -3.88. The topological polar surface area (TPSA) is 91.3 Å². The van der Waals surface area contributed by atoms with E-state index >= 15 is 0 Å². The maximum Gasteiger partial charge on any atom is 0.419 e. The zero-order valence-corrected chi connectivity index (χ0v) is 26.4. The molecule has 4 rings (SSSR count). The van der Waals surface area contributed by atoms with Crippen molar-refractivity contribution in [3.8, 4) is 22.8 Å². The number of carbonyl (C=O) groups is 2. The largest absolute Gasteiger partial charge is 0.493 e. The smallest absolute Gasteiger partial charge is 0.419 e. The molecule has 0 aliphatic carbocycles. The van der Waals surface area contributed by atoms with Crippen molar-refractivity contribution in [2.24, 2.45) is 0 Å². The molecule has 1 aliphatic heterocycles. The number of hydrogen-bond donors (Lipinski definition) is 1. The van der Waals surface area contributed by atoms with Crippen LogP contribution in [0.15, 0.2) is 36.4 Å². The Morgan fingerprint density at radius 2 is 1.48 bits per heavy atom. The van der Waals surface area contributed by atoms with E-state index in [1.165, 1.54) is 0 Å². The minimum absolute atomic E-state index is 0.212. The number of nitrogens with one attached hydrogen (secondary N) is 1. The van der Waals surface area contributed by atoms with E-state index in [1.54, 1.807) is 23.7 Å². The van der Waals surface area contributed by atoms with Gasteiger partial charge in [-0.15, -0.1) is 0 Å². The van der Waals surface area contributed by atoms with Crippen LogP contribution in [0.5, 0.6) is 11.5 Å². The maximum atomic E-state index is 13.7. The number of likely N-dealkylation sites (tertiary alicyclic amines) is 1. The van der Waals surface area contributed by atoms with Gasteiger partial charge in [-0.1, -0.05) is 6.92 Å². The fourth-order valence-corrected chi connectivity index (χ4v) is 5.36. The maximum absolute atomic E-state index is 13.7. The summed E-state index contributed by atoms with van der Waals surface area (Å²) in [6.07, 6.45) is 1.63. The summed E-state index contributed by atoms with van der Waals surface area (Å²) >= 11 is 0. The van der Waals surface area contributed by atoms with E-state index in [9.17, 15) is 9.59 Å². The fraction of sp³-hybridized carbons (Fsp3) is 0.515. The highest BCUT2D eigenvalue weighted by Gasteiger charge is 2.29. The number of piperidine rings is 1. The van der Waals surface area contributed by atoms with Gasteiger partial charge in [-0.2, -0.15) is 0 Å². The summed E-state index contributed by atoms with van der Waals surface area (Å²) in [6.45, 7) is 14.6. The molecule has 42 heavy (non-hydrogen) atoms. The van der Waals surface area contributed by atoms with Gasteiger partial charge in [0.05, 0.1) is 25.4 Å². The van der Waals surface area contributed by atoms with Gasteiger partial charge in [0.2, 0.25) is 0 Å².